The maximum absolute atomic E-state index is 12.1. The van der Waals surface area contributed by atoms with Crippen molar-refractivity contribution < 1.29 is 14.7 Å². The summed E-state index contributed by atoms with van der Waals surface area (Å²) in [5, 5.41) is 11.7. The number of carboxylic acids is 1. The Morgan fingerprint density at radius 2 is 2.00 bits per heavy atom. The van der Waals surface area contributed by atoms with Gasteiger partial charge in [0.25, 0.3) is 0 Å². The number of hydrogen-bond acceptors (Lipinski definition) is 2. The Morgan fingerprint density at radius 3 is 2.50 bits per heavy atom. The average molecular weight is 281 g/mol. The summed E-state index contributed by atoms with van der Waals surface area (Å²) in [6.07, 6.45) is 9.52. The molecular weight excluding hydrogens is 254 g/mol. The molecule has 1 atom stereocenters. The largest absolute Gasteiger partial charge is 0.480 e. The molecule has 2 N–H and O–H groups in total. The van der Waals surface area contributed by atoms with Crippen molar-refractivity contribution in [3.05, 3.63) is 12.7 Å². The number of aliphatic carboxylic acids is 1. The van der Waals surface area contributed by atoms with Gasteiger partial charge in [-0.2, -0.15) is 0 Å². The average Bonchev–Trinajstić information content (AvgIpc) is 2.45. The molecule has 20 heavy (non-hydrogen) atoms. The number of carbonyl (C=O) groups excluding carboxylic acids is 1. The highest BCUT2D eigenvalue weighted by atomic mass is 16.4. The summed E-state index contributed by atoms with van der Waals surface area (Å²) >= 11 is 0. The minimum Gasteiger partial charge on any atom is -0.480 e. The van der Waals surface area contributed by atoms with Crippen LogP contribution in [0, 0.1) is 11.8 Å². The van der Waals surface area contributed by atoms with E-state index in [1.807, 2.05) is 0 Å². The Bertz CT molecular complexity index is 333. The molecule has 0 aromatic rings. The summed E-state index contributed by atoms with van der Waals surface area (Å²) < 4.78 is 0. The van der Waals surface area contributed by atoms with E-state index in [9.17, 15) is 9.59 Å². The molecule has 4 nitrogen and oxygen atoms in total. The molecule has 1 rings (SSSR count). The fourth-order valence-corrected chi connectivity index (χ4v) is 2.88. The Hall–Kier alpha value is -1.32. The zero-order valence-corrected chi connectivity index (χ0v) is 12.4. The van der Waals surface area contributed by atoms with Crippen molar-refractivity contribution in [3.63, 3.8) is 0 Å². The van der Waals surface area contributed by atoms with E-state index in [-0.39, 0.29) is 18.2 Å². The van der Waals surface area contributed by atoms with Crippen molar-refractivity contribution in [2.75, 3.05) is 0 Å². The minimum atomic E-state index is -0.991. The van der Waals surface area contributed by atoms with Gasteiger partial charge in [-0.15, -0.1) is 6.58 Å². The van der Waals surface area contributed by atoms with Crippen LogP contribution in [0.25, 0.3) is 0 Å². The van der Waals surface area contributed by atoms with Gasteiger partial charge in [-0.05, 0) is 38.0 Å². The normalized spacial score (nSPS) is 23.9. The molecule has 1 fully saturated rings. The van der Waals surface area contributed by atoms with E-state index < -0.39 is 12.0 Å². The molecule has 0 radical (unpaired) electrons. The third-order valence-electron chi connectivity index (χ3n) is 4.20. The van der Waals surface area contributed by atoms with Gasteiger partial charge in [0, 0.05) is 5.92 Å². The van der Waals surface area contributed by atoms with Crippen LogP contribution in [0.15, 0.2) is 12.7 Å². The quantitative estimate of drug-likeness (QED) is 0.672. The first-order chi connectivity index (χ1) is 9.58. The molecule has 1 amide bonds. The second-order valence-corrected chi connectivity index (χ2v) is 5.78. The van der Waals surface area contributed by atoms with Crippen molar-refractivity contribution in [2.45, 2.75) is 64.3 Å². The maximum atomic E-state index is 12.1. The zero-order valence-electron chi connectivity index (χ0n) is 12.4. The lowest BCUT2D eigenvalue weighted by atomic mass is 9.79. The second kappa shape index (κ2) is 8.77. The molecule has 0 spiro atoms. The van der Waals surface area contributed by atoms with Crippen LogP contribution in [0.2, 0.25) is 0 Å². The smallest absolute Gasteiger partial charge is 0.326 e. The minimum absolute atomic E-state index is 0.0143. The number of rotatable bonds is 8. The molecule has 0 aromatic heterocycles. The lowest BCUT2D eigenvalue weighted by Gasteiger charge is -2.28. The highest BCUT2D eigenvalue weighted by Gasteiger charge is 2.28. The molecule has 0 aromatic carbocycles. The molecule has 0 heterocycles. The van der Waals surface area contributed by atoms with Crippen molar-refractivity contribution in [3.8, 4) is 0 Å². The number of carboxylic acid groups (broad SMARTS) is 1. The number of unbranched alkanes of at least 4 members (excludes halogenated alkanes) is 1. The highest BCUT2D eigenvalue weighted by molar-refractivity contribution is 5.85. The van der Waals surface area contributed by atoms with E-state index in [0.29, 0.717) is 0 Å². The number of hydrogen-bond donors (Lipinski definition) is 2. The predicted molar refractivity (Wildman–Crippen MR) is 79.4 cm³/mol. The number of amides is 1. The molecule has 0 saturated heterocycles. The van der Waals surface area contributed by atoms with Crippen LogP contribution < -0.4 is 5.32 Å². The van der Waals surface area contributed by atoms with Gasteiger partial charge in [0.05, 0.1) is 0 Å². The lowest BCUT2D eigenvalue weighted by Crippen LogP contribution is -2.44. The molecule has 0 aliphatic heterocycles. The van der Waals surface area contributed by atoms with E-state index in [4.69, 9.17) is 5.11 Å². The van der Waals surface area contributed by atoms with Crippen LogP contribution in [-0.2, 0) is 9.59 Å². The topological polar surface area (TPSA) is 66.4 Å². The summed E-state index contributed by atoms with van der Waals surface area (Å²) in [5.41, 5.74) is 0. The van der Waals surface area contributed by atoms with Crippen LogP contribution in [0.4, 0.5) is 0 Å². The standard InChI is InChI=1S/C16H27NO3/c1-3-5-7-12-8-10-13(11-9-12)15(18)17-14(6-4-2)16(19)20/h4,12-14H,2-3,5-11H2,1H3,(H,17,18)(H,19,20). The van der Waals surface area contributed by atoms with E-state index in [1.54, 1.807) is 0 Å². The third-order valence-corrected chi connectivity index (χ3v) is 4.20. The molecule has 1 saturated carbocycles. The van der Waals surface area contributed by atoms with Crippen LogP contribution >= 0.6 is 0 Å². The summed E-state index contributed by atoms with van der Waals surface area (Å²) in [5.74, 6) is -0.356. The summed E-state index contributed by atoms with van der Waals surface area (Å²) in [7, 11) is 0. The van der Waals surface area contributed by atoms with Gasteiger partial charge in [-0.1, -0.05) is 32.3 Å². The van der Waals surface area contributed by atoms with Gasteiger partial charge >= 0.3 is 5.97 Å². The summed E-state index contributed by atoms with van der Waals surface area (Å²) in [4.78, 5) is 23.1. The van der Waals surface area contributed by atoms with Crippen molar-refractivity contribution in [2.24, 2.45) is 11.8 Å². The van der Waals surface area contributed by atoms with Crippen molar-refractivity contribution >= 4 is 11.9 Å². The third kappa shape index (κ3) is 5.35. The summed E-state index contributed by atoms with van der Waals surface area (Å²) in [6.45, 7) is 5.73. The second-order valence-electron chi connectivity index (χ2n) is 5.78. The van der Waals surface area contributed by atoms with Crippen LogP contribution in [-0.4, -0.2) is 23.0 Å². The zero-order chi connectivity index (χ0) is 15.0. The van der Waals surface area contributed by atoms with Gasteiger partial charge in [0.2, 0.25) is 5.91 Å². The molecule has 0 bridgehead atoms. The fourth-order valence-electron chi connectivity index (χ4n) is 2.88. The Balaban J connectivity index is 2.38. The molecule has 4 heteroatoms. The molecule has 114 valence electrons. The molecule has 1 aliphatic rings. The van der Waals surface area contributed by atoms with Crippen LogP contribution in [0.1, 0.15) is 58.3 Å². The van der Waals surface area contributed by atoms with Crippen molar-refractivity contribution in [1.82, 2.24) is 5.32 Å². The van der Waals surface area contributed by atoms with Gasteiger partial charge in [-0.25, -0.2) is 4.79 Å². The first-order valence-corrected chi connectivity index (χ1v) is 7.72. The molecule has 1 unspecified atom stereocenters. The number of nitrogens with one attached hydrogen (secondary N) is 1. The number of carbonyl (C=O) groups is 2. The maximum Gasteiger partial charge on any atom is 0.326 e. The summed E-state index contributed by atoms with van der Waals surface area (Å²) in [6, 6.07) is -0.835. The van der Waals surface area contributed by atoms with Crippen molar-refractivity contribution in [1.29, 1.82) is 0 Å². The van der Waals surface area contributed by atoms with Gasteiger partial charge < -0.3 is 10.4 Å². The van der Waals surface area contributed by atoms with Crippen LogP contribution in [0.3, 0.4) is 0 Å². The van der Waals surface area contributed by atoms with Crippen LogP contribution in [0.5, 0.6) is 0 Å². The predicted octanol–water partition coefficient (Wildman–Crippen LogP) is 3.13. The van der Waals surface area contributed by atoms with Gasteiger partial charge in [0.15, 0.2) is 0 Å². The van der Waals surface area contributed by atoms with E-state index in [1.165, 1.54) is 25.3 Å². The van der Waals surface area contributed by atoms with E-state index in [2.05, 4.69) is 18.8 Å². The Labute approximate surface area is 121 Å². The van der Waals surface area contributed by atoms with E-state index in [0.717, 1.165) is 31.6 Å². The van der Waals surface area contributed by atoms with E-state index >= 15 is 0 Å². The SMILES string of the molecule is C=CCC(NC(=O)C1CCC(CCCC)CC1)C(=O)O. The van der Waals surface area contributed by atoms with Gasteiger partial charge in [0.1, 0.15) is 6.04 Å². The Morgan fingerprint density at radius 1 is 1.35 bits per heavy atom. The Kier molecular flexibility index (Phi) is 7.34. The highest BCUT2D eigenvalue weighted by Crippen LogP contribution is 2.32. The first-order valence-electron chi connectivity index (χ1n) is 7.72. The monoisotopic (exact) mass is 281 g/mol. The lowest BCUT2D eigenvalue weighted by molar-refractivity contribution is -0.142. The van der Waals surface area contributed by atoms with Gasteiger partial charge in [-0.3, -0.25) is 4.79 Å². The molecular formula is C16H27NO3. The molecule has 1 aliphatic carbocycles. The fraction of sp³-hybridized carbons (Fsp3) is 0.750. The first kappa shape index (κ1) is 16.7.